The summed E-state index contributed by atoms with van der Waals surface area (Å²) in [5, 5.41) is 3.93. The van der Waals surface area contributed by atoms with Crippen molar-refractivity contribution in [3.8, 4) is 0 Å². The van der Waals surface area contributed by atoms with Crippen LogP contribution in [0, 0.1) is 0 Å². The predicted octanol–water partition coefficient (Wildman–Crippen LogP) is 2.48. The number of aromatic nitrogens is 3. The van der Waals surface area contributed by atoms with Gasteiger partial charge in [0.2, 0.25) is 0 Å². The van der Waals surface area contributed by atoms with Gasteiger partial charge in [0.1, 0.15) is 12.0 Å². The SMILES string of the molecule is CN(C)c1ncnc(Nc2nc3ccccc3s2)c1N. The van der Waals surface area contributed by atoms with Gasteiger partial charge in [-0.1, -0.05) is 23.5 Å². The maximum absolute atomic E-state index is 6.07. The Labute approximate surface area is 120 Å². The first kappa shape index (κ1) is 12.6. The molecule has 3 aromatic rings. The van der Waals surface area contributed by atoms with Crippen molar-refractivity contribution < 1.29 is 0 Å². The number of benzene rings is 1. The van der Waals surface area contributed by atoms with E-state index in [1.165, 1.54) is 6.33 Å². The highest BCUT2D eigenvalue weighted by Crippen LogP contribution is 2.31. The molecule has 0 fully saturated rings. The first-order valence-electron chi connectivity index (χ1n) is 6.05. The molecule has 0 amide bonds. The maximum atomic E-state index is 6.07. The number of anilines is 4. The van der Waals surface area contributed by atoms with Crippen LogP contribution in [0.3, 0.4) is 0 Å². The van der Waals surface area contributed by atoms with Crippen LogP contribution >= 0.6 is 11.3 Å². The number of nitrogens with zero attached hydrogens (tertiary/aromatic N) is 4. The van der Waals surface area contributed by atoms with Gasteiger partial charge in [-0.05, 0) is 12.1 Å². The van der Waals surface area contributed by atoms with E-state index in [1.54, 1.807) is 11.3 Å². The van der Waals surface area contributed by atoms with Gasteiger partial charge in [0.15, 0.2) is 16.8 Å². The van der Waals surface area contributed by atoms with E-state index < -0.39 is 0 Å². The molecule has 3 N–H and O–H groups in total. The molecular formula is C13H14N6S. The van der Waals surface area contributed by atoms with Crippen molar-refractivity contribution in [2.45, 2.75) is 0 Å². The fourth-order valence-electron chi connectivity index (χ4n) is 1.87. The lowest BCUT2D eigenvalue weighted by atomic mass is 10.3. The Hall–Kier alpha value is -2.41. The third-order valence-electron chi connectivity index (χ3n) is 2.81. The number of fused-ring (bicyclic) bond motifs is 1. The summed E-state index contributed by atoms with van der Waals surface area (Å²) in [5.74, 6) is 1.26. The van der Waals surface area contributed by atoms with Crippen LogP contribution in [0.5, 0.6) is 0 Å². The normalized spacial score (nSPS) is 10.7. The molecule has 0 unspecified atom stereocenters. The molecule has 0 bridgehead atoms. The number of hydrogen-bond donors (Lipinski definition) is 2. The van der Waals surface area contributed by atoms with Crippen molar-refractivity contribution in [1.82, 2.24) is 15.0 Å². The van der Waals surface area contributed by atoms with E-state index in [2.05, 4.69) is 20.3 Å². The van der Waals surface area contributed by atoms with Crippen molar-refractivity contribution in [1.29, 1.82) is 0 Å². The largest absolute Gasteiger partial charge is 0.393 e. The van der Waals surface area contributed by atoms with Crippen LogP contribution in [0.2, 0.25) is 0 Å². The van der Waals surface area contributed by atoms with E-state index in [9.17, 15) is 0 Å². The molecule has 0 saturated heterocycles. The smallest absolute Gasteiger partial charge is 0.189 e. The quantitative estimate of drug-likeness (QED) is 0.770. The summed E-state index contributed by atoms with van der Waals surface area (Å²) < 4.78 is 1.12. The van der Waals surface area contributed by atoms with Gasteiger partial charge in [0.25, 0.3) is 0 Å². The molecule has 7 heteroatoms. The number of nitrogens with one attached hydrogen (secondary N) is 1. The molecule has 20 heavy (non-hydrogen) atoms. The third-order valence-corrected chi connectivity index (χ3v) is 3.76. The van der Waals surface area contributed by atoms with Gasteiger partial charge in [-0.2, -0.15) is 0 Å². The number of nitrogen functional groups attached to an aromatic ring is 1. The molecule has 0 aliphatic carbocycles. The summed E-state index contributed by atoms with van der Waals surface area (Å²) in [5.41, 5.74) is 7.54. The third kappa shape index (κ3) is 2.23. The number of rotatable bonds is 3. The lowest BCUT2D eigenvalue weighted by Crippen LogP contribution is -2.14. The Kier molecular flexibility index (Phi) is 3.11. The Morgan fingerprint density at radius 3 is 2.75 bits per heavy atom. The van der Waals surface area contributed by atoms with Crippen molar-refractivity contribution in [2.75, 3.05) is 30.0 Å². The fourth-order valence-corrected chi connectivity index (χ4v) is 2.73. The van der Waals surface area contributed by atoms with Crippen LogP contribution in [0.15, 0.2) is 30.6 Å². The molecule has 6 nitrogen and oxygen atoms in total. The van der Waals surface area contributed by atoms with Crippen molar-refractivity contribution >= 4 is 44.0 Å². The summed E-state index contributed by atoms with van der Waals surface area (Å²) in [6, 6.07) is 7.97. The number of nitrogens with two attached hydrogens (primary N) is 1. The molecule has 0 radical (unpaired) electrons. The standard InChI is InChI=1S/C13H14N6S/c1-19(2)12-10(14)11(15-7-16-12)18-13-17-8-5-3-4-6-9(8)20-13/h3-7H,14H2,1-2H3,(H,15,16,17,18). The van der Waals surface area contributed by atoms with Crippen LogP contribution in [-0.4, -0.2) is 29.0 Å². The zero-order valence-corrected chi connectivity index (χ0v) is 12.0. The van der Waals surface area contributed by atoms with Crippen LogP contribution in [0.1, 0.15) is 0 Å². The summed E-state index contributed by atoms with van der Waals surface area (Å²) in [6.07, 6.45) is 1.49. The highest BCUT2D eigenvalue weighted by molar-refractivity contribution is 7.22. The zero-order valence-electron chi connectivity index (χ0n) is 11.2. The van der Waals surface area contributed by atoms with Crippen LogP contribution in [-0.2, 0) is 0 Å². The summed E-state index contributed by atoms with van der Waals surface area (Å²) in [4.78, 5) is 14.7. The molecular weight excluding hydrogens is 272 g/mol. The molecule has 0 aliphatic rings. The molecule has 3 rings (SSSR count). The van der Waals surface area contributed by atoms with Gasteiger partial charge in [0.05, 0.1) is 10.2 Å². The molecule has 0 aliphatic heterocycles. The van der Waals surface area contributed by atoms with Gasteiger partial charge < -0.3 is 16.0 Å². The van der Waals surface area contributed by atoms with Crippen LogP contribution in [0.4, 0.5) is 22.5 Å². The van der Waals surface area contributed by atoms with E-state index in [1.807, 2.05) is 43.3 Å². The van der Waals surface area contributed by atoms with Gasteiger partial charge in [-0.15, -0.1) is 0 Å². The van der Waals surface area contributed by atoms with E-state index in [4.69, 9.17) is 5.73 Å². The first-order valence-corrected chi connectivity index (χ1v) is 6.87. The molecule has 2 heterocycles. The van der Waals surface area contributed by atoms with Gasteiger partial charge in [0, 0.05) is 14.1 Å². The minimum absolute atomic E-state index is 0.511. The Bertz CT molecular complexity index is 718. The molecule has 0 saturated carbocycles. The fraction of sp³-hybridized carbons (Fsp3) is 0.154. The molecule has 0 spiro atoms. The highest BCUT2D eigenvalue weighted by Gasteiger charge is 2.11. The monoisotopic (exact) mass is 286 g/mol. The Morgan fingerprint density at radius 2 is 2.00 bits per heavy atom. The summed E-state index contributed by atoms with van der Waals surface area (Å²) in [6.45, 7) is 0. The van der Waals surface area contributed by atoms with E-state index in [0.717, 1.165) is 15.3 Å². The van der Waals surface area contributed by atoms with E-state index in [0.29, 0.717) is 17.3 Å². The molecule has 1 aromatic carbocycles. The van der Waals surface area contributed by atoms with E-state index >= 15 is 0 Å². The Morgan fingerprint density at radius 1 is 1.20 bits per heavy atom. The molecule has 2 aromatic heterocycles. The first-order chi connectivity index (χ1) is 9.65. The maximum Gasteiger partial charge on any atom is 0.189 e. The van der Waals surface area contributed by atoms with Crippen LogP contribution < -0.4 is 16.0 Å². The molecule has 0 atom stereocenters. The number of thiazole rings is 1. The van der Waals surface area contributed by atoms with E-state index in [-0.39, 0.29) is 0 Å². The second kappa shape index (κ2) is 4.93. The predicted molar refractivity (Wildman–Crippen MR) is 83.7 cm³/mol. The van der Waals surface area contributed by atoms with Crippen molar-refractivity contribution in [3.05, 3.63) is 30.6 Å². The highest BCUT2D eigenvalue weighted by atomic mass is 32.1. The lowest BCUT2D eigenvalue weighted by molar-refractivity contribution is 1.04. The Balaban J connectivity index is 1.96. The zero-order chi connectivity index (χ0) is 14.1. The minimum Gasteiger partial charge on any atom is -0.393 e. The lowest BCUT2D eigenvalue weighted by Gasteiger charge is -2.15. The number of para-hydroxylation sites is 1. The summed E-state index contributed by atoms with van der Waals surface area (Å²) >= 11 is 1.56. The topological polar surface area (TPSA) is 80.0 Å². The van der Waals surface area contributed by atoms with Crippen molar-refractivity contribution in [2.24, 2.45) is 0 Å². The second-order valence-corrected chi connectivity index (χ2v) is 5.50. The molecule has 102 valence electrons. The number of hydrogen-bond acceptors (Lipinski definition) is 7. The minimum atomic E-state index is 0.511. The van der Waals surface area contributed by atoms with Gasteiger partial charge >= 0.3 is 0 Å². The van der Waals surface area contributed by atoms with Crippen LogP contribution in [0.25, 0.3) is 10.2 Å². The van der Waals surface area contributed by atoms with Crippen molar-refractivity contribution in [3.63, 3.8) is 0 Å². The van der Waals surface area contributed by atoms with Gasteiger partial charge in [-0.3, -0.25) is 0 Å². The summed E-state index contributed by atoms with van der Waals surface area (Å²) in [7, 11) is 3.78. The average Bonchev–Trinajstić information content (AvgIpc) is 2.83. The second-order valence-electron chi connectivity index (χ2n) is 4.47. The van der Waals surface area contributed by atoms with Gasteiger partial charge in [-0.25, -0.2) is 15.0 Å². The average molecular weight is 286 g/mol.